The first-order valence-electron chi connectivity index (χ1n) is 11.4. The third-order valence-electron chi connectivity index (χ3n) is 6.49. The van der Waals surface area contributed by atoms with Gasteiger partial charge in [0.25, 0.3) is 11.8 Å². The van der Waals surface area contributed by atoms with E-state index in [0.717, 1.165) is 10.5 Å². The topological polar surface area (TPSA) is 95.1 Å². The maximum atomic E-state index is 13.5. The molecule has 34 heavy (non-hydrogen) atoms. The van der Waals surface area contributed by atoms with Gasteiger partial charge in [-0.2, -0.15) is 4.31 Å². The normalized spacial score (nSPS) is 17.9. The van der Waals surface area contributed by atoms with Crippen LogP contribution in [0.4, 0.5) is 0 Å². The lowest BCUT2D eigenvalue weighted by Crippen LogP contribution is -2.58. The van der Waals surface area contributed by atoms with E-state index in [1.807, 2.05) is 13.0 Å². The summed E-state index contributed by atoms with van der Waals surface area (Å²) in [5.41, 5.74) is 2.27. The number of fused-ring (bicyclic) bond motifs is 1. The molecule has 2 aromatic rings. The van der Waals surface area contributed by atoms with Crippen molar-refractivity contribution in [2.45, 2.75) is 38.6 Å². The summed E-state index contributed by atoms with van der Waals surface area (Å²) in [4.78, 5) is 42.4. The van der Waals surface area contributed by atoms with E-state index in [1.54, 1.807) is 62.1 Å². The van der Waals surface area contributed by atoms with Gasteiger partial charge in [0.15, 0.2) is 0 Å². The summed E-state index contributed by atoms with van der Waals surface area (Å²) < 4.78 is 27.8. The van der Waals surface area contributed by atoms with Gasteiger partial charge in [-0.25, -0.2) is 8.42 Å². The molecule has 1 fully saturated rings. The van der Waals surface area contributed by atoms with Crippen LogP contribution in [0, 0.1) is 19.8 Å². The van der Waals surface area contributed by atoms with Crippen LogP contribution < -0.4 is 0 Å². The van der Waals surface area contributed by atoms with Crippen LogP contribution in [0.5, 0.6) is 0 Å². The summed E-state index contributed by atoms with van der Waals surface area (Å²) in [6, 6.07) is 10.8. The number of rotatable bonds is 5. The van der Waals surface area contributed by atoms with Crippen LogP contribution in [0.3, 0.4) is 0 Å². The molecule has 2 heterocycles. The molecule has 9 heteroatoms. The van der Waals surface area contributed by atoms with E-state index >= 15 is 0 Å². The van der Waals surface area contributed by atoms with E-state index in [2.05, 4.69) is 0 Å². The lowest BCUT2D eigenvalue weighted by Gasteiger charge is -2.38. The molecule has 0 radical (unpaired) electrons. The lowest BCUT2D eigenvalue weighted by atomic mass is 10.0. The zero-order valence-electron chi connectivity index (χ0n) is 19.8. The number of carbonyl (C=O) groups is 3. The van der Waals surface area contributed by atoms with Crippen LogP contribution in [0.25, 0.3) is 0 Å². The first kappa shape index (κ1) is 24.1. The number of imide groups is 1. The summed E-state index contributed by atoms with van der Waals surface area (Å²) in [7, 11) is -3.69. The molecule has 2 aliphatic heterocycles. The van der Waals surface area contributed by atoms with Gasteiger partial charge in [-0.15, -0.1) is 0 Å². The third kappa shape index (κ3) is 4.03. The monoisotopic (exact) mass is 483 g/mol. The first-order valence-corrected chi connectivity index (χ1v) is 12.8. The number of amides is 3. The Morgan fingerprint density at radius 3 is 1.94 bits per heavy atom. The Morgan fingerprint density at radius 2 is 1.44 bits per heavy atom. The molecule has 8 nitrogen and oxygen atoms in total. The largest absolute Gasteiger partial charge is 0.338 e. The smallest absolute Gasteiger partial charge is 0.262 e. The van der Waals surface area contributed by atoms with Crippen LogP contribution in [0.1, 0.15) is 45.7 Å². The Kier molecular flexibility index (Phi) is 6.35. The first-order chi connectivity index (χ1) is 16.0. The molecule has 2 aromatic carbocycles. The minimum Gasteiger partial charge on any atom is -0.338 e. The van der Waals surface area contributed by atoms with Gasteiger partial charge in [-0.05, 0) is 43.5 Å². The maximum Gasteiger partial charge on any atom is 0.262 e. The van der Waals surface area contributed by atoms with Crippen molar-refractivity contribution in [2.75, 3.05) is 26.2 Å². The third-order valence-corrected chi connectivity index (χ3v) is 8.55. The summed E-state index contributed by atoms with van der Waals surface area (Å²) in [6.45, 7) is 7.95. The van der Waals surface area contributed by atoms with Gasteiger partial charge in [0.05, 0.1) is 16.0 Å². The molecule has 0 bridgehead atoms. The van der Waals surface area contributed by atoms with Crippen molar-refractivity contribution in [1.82, 2.24) is 14.1 Å². The van der Waals surface area contributed by atoms with Gasteiger partial charge in [-0.3, -0.25) is 19.3 Å². The number of sulfonamides is 1. The van der Waals surface area contributed by atoms with Crippen LogP contribution in [-0.4, -0.2) is 72.5 Å². The number of benzene rings is 2. The average molecular weight is 484 g/mol. The Hall–Kier alpha value is -3.04. The van der Waals surface area contributed by atoms with Gasteiger partial charge in [0.2, 0.25) is 15.9 Å². The molecule has 2 aliphatic rings. The summed E-state index contributed by atoms with van der Waals surface area (Å²) in [5, 5.41) is 0. The van der Waals surface area contributed by atoms with E-state index < -0.39 is 27.9 Å². The fourth-order valence-electron chi connectivity index (χ4n) is 4.72. The van der Waals surface area contributed by atoms with E-state index in [1.165, 1.54) is 4.31 Å². The van der Waals surface area contributed by atoms with Crippen molar-refractivity contribution in [3.05, 3.63) is 64.7 Å². The zero-order valence-corrected chi connectivity index (χ0v) is 20.6. The van der Waals surface area contributed by atoms with Crippen molar-refractivity contribution in [1.29, 1.82) is 0 Å². The minimum atomic E-state index is -3.69. The van der Waals surface area contributed by atoms with Crippen molar-refractivity contribution in [2.24, 2.45) is 5.92 Å². The van der Waals surface area contributed by atoms with Gasteiger partial charge in [0, 0.05) is 26.2 Å². The molecular formula is C25H29N3O5S. The molecule has 4 rings (SSSR count). The van der Waals surface area contributed by atoms with Gasteiger partial charge < -0.3 is 4.90 Å². The highest BCUT2D eigenvalue weighted by Crippen LogP contribution is 2.29. The highest BCUT2D eigenvalue weighted by Gasteiger charge is 2.45. The molecule has 3 amide bonds. The number of hydrogen-bond acceptors (Lipinski definition) is 5. The van der Waals surface area contributed by atoms with Crippen molar-refractivity contribution in [3.8, 4) is 0 Å². The lowest BCUT2D eigenvalue weighted by molar-refractivity contribution is -0.138. The van der Waals surface area contributed by atoms with E-state index in [-0.39, 0.29) is 42.9 Å². The van der Waals surface area contributed by atoms with Gasteiger partial charge in [-0.1, -0.05) is 43.7 Å². The number of aryl methyl sites for hydroxylation is 2. The SMILES string of the molecule is Cc1ccc(S(=O)(=O)N2CCN(C(=O)C(C(C)C)N3C(=O)c4ccccc4C3=O)CC2)c(C)c1. The average Bonchev–Trinajstić information content (AvgIpc) is 3.04. The Morgan fingerprint density at radius 1 is 0.882 bits per heavy atom. The maximum absolute atomic E-state index is 13.5. The molecule has 0 N–H and O–H groups in total. The van der Waals surface area contributed by atoms with Crippen molar-refractivity contribution < 1.29 is 22.8 Å². The highest BCUT2D eigenvalue weighted by molar-refractivity contribution is 7.89. The van der Waals surface area contributed by atoms with E-state index in [4.69, 9.17) is 0 Å². The fourth-order valence-corrected chi connectivity index (χ4v) is 6.35. The van der Waals surface area contributed by atoms with E-state index in [9.17, 15) is 22.8 Å². The number of piperazine rings is 1. The molecule has 0 aliphatic carbocycles. The van der Waals surface area contributed by atoms with Crippen molar-refractivity contribution in [3.63, 3.8) is 0 Å². The summed E-state index contributed by atoms with van der Waals surface area (Å²) in [6.07, 6.45) is 0. The number of carbonyl (C=O) groups excluding carboxylic acids is 3. The molecule has 0 saturated carbocycles. The highest BCUT2D eigenvalue weighted by atomic mass is 32.2. The molecular weight excluding hydrogens is 454 g/mol. The Balaban J connectivity index is 1.51. The second kappa shape index (κ2) is 8.96. The molecule has 1 saturated heterocycles. The van der Waals surface area contributed by atoms with Gasteiger partial charge >= 0.3 is 0 Å². The molecule has 180 valence electrons. The Labute approximate surface area is 200 Å². The van der Waals surface area contributed by atoms with Crippen LogP contribution in [0.15, 0.2) is 47.4 Å². The standard InChI is InChI=1S/C25H29N3O5S/c1-16(2)22(28-23(29)19-7-5-6-8-20(19)24(28)30)25(31)26-11-13-27(14-12-26)34(32,33)21-10-9-17(3)15-18(21)4/h5-10,15-16,22H,11-14H2,1-4H3. The predicted molar refractivity (Wildman–Crippen MR) is 127 cm³/mol. The second-order valence-corrected chi connectivity index (χ2v) is 11.1. The van der Waals surface area contributed by atoms with Crippen LogP contribution >= 0.6 is 0 Å². The van der Waals surface area contributed by atoms with Crippen molar-refractivity contribution >= 4 is 27.7 Å². The molecule has 1 atom stereocenters. The fraction of sp³-hybridized carbons (Fsp3) is 0.400. The van der Waals surface area contributed by atoms with Gasteiger partial charge in [0.1, 0.15) is 6.04 Å². The predicted octanol–water partition coefficient (Wildman–Crippen LogP) is 2.46. The quantitative estimate of drug-likeness (QED) is 0.609. The summed E-state index contributed by atoms with van der Waals surface area (Å²) in [5.74, 6) is -1.58. The zero-order chi connectivity index (χ0) is 24.8. The van der Waals surface area contributed by atoms with Crippen LogP contribution in [0.2, 0.25) is 0 Å². The van der Waals surface area contributed by atoms with Crippen LogP contribution in [-0.2, 0) is 14.8 Å². The Bertz CT molecular complexity index is 1230. The number of hydrogen-bond donors (Lipinski definition) is 0. The summed E-state index contributed by atoms with van der Waals surface area (Å²) >= 11 is 0. The second-order valence-electron chi connectivity index (χ2n) is 9.21. The molecule has 1 unspecified atom stereocenters. The minimum absolute atomic E-state index is 0.147. The molecule has 0 aromatic heterocycles. The molecule has 0 spiro atoms. The number of nitrogens with zero attached hydrogens (tertiary/aromatic N) is 3. The van der Waals surface area contributed by atoms with E-state index in [0.29, 0.717) is 16.7 Å².